The summed E-state index contributed by atoms with van der Waals surface area (Å²) >= 11 is 0. The van der Waals surface area contributed by atoms with Gasteiger partial charge in [-0.05, 0) is 0 Å². The molecule has 3 N–H and O–H groups in total. The Hall–Kier alpha value is -0.820. The Labute approximate surface area is 64.7 Å². The fourth-order valence-corrected chi connectivity index (χ4v) is 0.867. The van der Waals surface area contributed by atoms with Crippen molar-refractivity contribution in [2.45, 2.75) is 0 Å². The number of rotatable bonds is 3. The monoisotopic (exact) mass is 182 g/mol. The van der Waals surface area contributed by atoms with Gasteiger partial charge in [0.2, 0.25) is 0 Å². The molecule has 0 aromatic heterocycles. The molecule has 0 heterocycles. The molecular weight excluding hydrogens is 172 g/mol. The predicted molar refractivity (Wildman–Crippen MR) is 38.6 cm³/mol. The molecule has 0 saturated heterocycles. The highest BCUT2D eigenvalue weighted by atomic mass is 32.2. The first kappa shape index (κ1) is 10.2. The van der Waals surface area contributed by atoms with Crippen molar-refractivity contribution in [3.63, 3.8) is 0 Å². The van der Waals surface area contributed by atoms with Crippen LogP contribution in [0.3, 0.4) is 0 Å². The summed E-state index contributed by atoms with van der Waals surface area (Å²) < 4.78 is 28.5. The minimum Gasteiger partial charge on any atom is -0.351 e. The van der Waals surface area contributed by atoms with Crippen molar-refractivity contribution in [2.75, 3.05) is 19.3 Å². The van der Waals surface area contributed by atoms with Gasteiger partial charge < -0.3 is 10.6 Å². The first-order valence-electron chi connectivity index (χ1n) is 2.78. The number of nitrogens with zero attached hydrogens (tertiary/aromatic N) is 1. The summed E-state index contributed by atoms with van der Waals surface area (Å²) in [6, 6.07) is -0.728. The van der Waals surface area contributed by atoms with Gasteiger partial charge in [0, 0.05) is 13.6 Å². The fourth-order valence-electron chi connectivity index (χ4n) is 0.362. The molecule has 0 spiro atoms. The second-order valence-corrected chi connectivity index (χ2v) is 3.62. The highest BCUT2D eigenvalue weighted by Crippen LogP contribution is 1.86. The van der Waals surface area contributed by atoms with E-state index in [0.29, 0.717) is 0 Å². The average Bonchev–Trinajstić information content (AvgIpc) is 1.80. The lowest BCUT2D eigenvalue weighted by Gasteiger charge is -2.11. The Kier molecular flexibility index (Phi) is 3.27. The molecule has 11 heavy (non-hydrogen) atoms. The van der Waals surface area contributed by atoms with E-state index >= 15 is 0 Å². The quantitative estimate of drug-likeness (QED) is 0.540. The zero-order valence-electron chi connectivity index (χ0n) is 6.02. The van der Waals surface area contributed by atoms with Gasteiger partial charge in [-0.2, -0.15) is 8.42 Å². The zero-order valence-corrected chi connectivity index (χ0v) is 6.84. The van der Waals surface area contributed by atoms with Crippen molar-refractivity contribution >= 4 is 16.1 Å². The van der Waals surface area contributed by atoms with Crippen LogP contribution >= 0.6 is 0 Å². The molecule has 0 aliphatic rings. The lowest BCUT2D eigenvalue weighted by Crippen LogP contribution is -2.35. The minimum absolute atomic E-state index is 0.103. The molecular formula is C4H10N2O4S. The molecule has 0 bridgehead atoms. The summed E-state index contributed by atoms with van der Waals surface area (Å²) in [5.74, 6) is -0.494. The summed E-state index contributed by atoms with van der Waals surface area (Å²) in [7, 11) is -2.66. The van der Waals surface area contributed by atoms with Crippen LogP contribution in [-0.4, -0.2) is 43.2 Å². The number of amides is 2. The summed E-state index contributed by atoms with van der Waals surface area (Å²) in [5, 5.41) is 0. The third-order valence-electron chi connectivity index (χ3n) is 1.06. The molecule has 0 rings (SSSR count). The van der Waals surface area contributed by atoms with Crippen LogP contribution < -0.4 is 5.73 Å². The first-order valence-corrected chi connectivity index (χ1v) is 4.39. The van der Waals surface area contributed by atoms with Gasteiger partial charge in [-0.3, -0.25) is 4.55 Å². The predicted octanol–water partition coefficient (Wildman–Crippen LogP) is -1.12. The summed E-state index contributed by atoms with van der Waals surface area (Å²) in [6.07, 6.45) is 0. The van der Waals surface area contributed by atoms with E-state index < -0.39 is 21.9 Å². The SMILES string of the molecule is CN(CCS(=O)(=O)O)C(N)=O. The number of carbonyl (C=O) groups is 1. The van der Waals surface area contributed by atoms with Crippen LogP contribution in [0.2, 0.25) is 0 Å². The van der Waals surface area contributed by atoms with Gasteiger partial charge >= 0.3 is 6.03 Å². The van der Waals surface area contributed by atoms with Crippen molar-refractivity contribution in [1.82, 2.24) is 4.90 Å². The molecule has 0 radical (unpaired) electrons. The highest BCUT2D eigenvalue weighted by molar-refractivity contribution is 7.85. The van der Waals surface area contributed by atoms with Crippen molar-refractivity contribution in [1.29, 1.82) is 0 Å². The number of carbonyl (C=O) groups excluding carboxylic acids is 1. The maximum Gasteiger partial charge on any atom is 0.314 e. The maximum atomic E-state index is 10.3. The van der Waals surface area contributed by atoms with E-state index in [0.717, 1.165) is 4.90 Å². The lowest BCUT2D eigenvalue weighted by atomic mass is 10.6. The molecule has 0 atom stereocenters. The molecule has 0 aliphatic heterocycles. The number of hydrogen-bond donors (Lipinski definition) is 2. The van der Waals surface area contributed by atoms with E-state index in [9.17, 15) is 13.2 Å². The molecule has 0 aromatic rings. The van der Waals surface area contributed by atoms with Gasteiger partial charge in [-0.25, -0.2) is 4.79 Å². The molecule has 0 saturated carbocycles. The van der Waals surface area contributed by atoms with E-state index in [-0.39, 0.29) is 6.54 Å². The number of nitrogens with two attached hydrogens (primary N) is 1. The van der Waals surface area contributed by atoms with Gasteiger partial charge in [0.05, 0.1) is 5.75 Å². The van der Waals surface area contributed by atoms with Gasteiger partial charge in [0.1, 0.15) is 0 Å². The Bertz CT molecular complexity index is 234. The summed E-state index contributed by atoms with van der Waals surface area (Å²) in [5.41, 5.74) is 4.78. The Morgan fingerprint density at radius 2 is 2.09 bits per heavy atom. The lowest BCUT2D eigenvalue weighted by molar-refractivity contribution is 0.221. The topological polar surface area (TPSA) is 101 Å². The molecule has 6 nitrogen and oxygen atoms in total. The van der Waals surface area contributed by atoms with Crippen molar-refractivity contribution in [2.24, 2.45) is 5.73 Å². The van der Waals surface area contributed by atoms with E-state index in [2.05, 4.69) is 0 Å². The Morgan fingerprint density at radius 1 is 1.64 bits per heavy atom. The van der Waals surface area contributed by atoms with Crippen LogP contribution in [0.4, 0.5) is 4.79 Å². The van der Waals surface area contributed by atoms with Crippen LogP contribution in [0.15, 0.2) is 0 Å². The van der Waals surface area contributed by atoms with Gasteiger partial charge in [-0.15, -0.1) is 0 Å². The number of urea groups is 1. The third kappa shape index (κ3) is 5.62. The molecule has 0 fully saturated rings. The molecule has 0 aliphatic carbocycles. The first-order chi connectivity index (χ1) is 4.83. The number of hydrogen-bond acceptors (Lipinski definition) is 3. The smallest absolute Gasteiger partial charge is 0.314 e. The molecule has 7 heteroatoms. The maximum absolute atomic E-state index is 10.3. The van der Waals surface area contributed by atoms with E-state index in [1.54, 1.807) is 0 Å². The van der Waals surface area contributed by atoms with E-state index in [1.807, 2.05) is 0 Å². The standard InChI is InChI=1S/C4H10N2O4S/c1-6(4(5)7)2-3-11(8,9)10/h2-3H2,1H3,(H2,5,7)(H,8,9,10). The minimum atomic E-state index is -4.00. The van der Waals surface area contributed by atoms with Crippen LogP contribution in [0.25, 0.3) is 0 Å². The van der Waals surface area contributed by atoms with Crippen molar-refractivity contribution in [3.8, 4) is 0 Å². The molecule has 66 valence electrons. The van der Waals surface area contributed by atoms with E-state index in [4.69, 9.17) is 10.3 Å². The van der Waals surface area contributed by atoms with Crippen LogP contribution in [0.1, 0.15) is 0 Å². The second kappa shape index (κ2) is 3.54. The normalized spacial score (nSPS) is 11.1. The van der Waals surface area contributed by atoms with Crippen LogP contribution in [0.5, 0.6) is 0 Å². The van der Waals surface area contributed by atoms with Crippen molar-refractivity contribution in [3.05, 3.63) is 0 Å². The molecule has 0 aromatic carbocycles. The highest BCUT2D eigenvalue weighted by Gasteiger charge is 2.08. The van der Waals surface area contributed by atoms with Crippen LogP contribution in [-0.2, 0) is 10.1 Å². The second-order valence-electron chi connectivity index (χ2n) is 2.05. The Morgan fingerprint density at radius 3 is 2.36 bits per heavy atom. The van der Waals surface area contributed by atoms with Crippen LogP contribution in [0, 0.1) is 0 Å². The summed E-state index contributed by atoms with van der Waals surface area (Å²) in [6.45, 7) is -0.103. The average molecular weight is 182 g/mol. The molecule has 0 unspecified atom stereocenters. The van der Waals surface area contributed by atoms with Gasteiger partial charge in [-0.1, -0.05) is 0 Å². The van der Waals surface area contributed by atoms with Gasteiger partial charge in [0.15, 0.2) is 0 Å². The summed E-state index contributed by atoms with van der Waals surface area (Å²) in [4.78, 5) is 11.3. The third-order valence-corrected chi connectivity index (χ3v) is 1.76. The zero-order chi connectivity index (χ0) is 9.07. The largest absolute Gasteiger partial charge is 0.351 e. The van der Waals surface area contributed by atoms with Crippen molar-refractivity contribution < 1.29 is 17.8 Å². The Balaban J connectivity index is 3.82. The van der Waals surface area contributed by atoms with E-state index in [1.165, 1.54) is 7.05 Å². The molecule has 2 amide bonds. The number of primary amides is 1. The fraction of sp³-hybridized carbons (Fsp3) is 0.750. The van der Waals surface area contributed by atoms with Gasteiger partial charge in [0.25, 0.3) is 10.1 Å².